The minimum Gasteiger partial charge on any atom is -0.322 e. The SMILES string of the molecule is CC1CCNC(C(=O)Nc2cc(F)cc(F)c2F)C1. The highest BCUT2D eigenvalue weighted by Crippen LogP contribution is 2.21. The molecule has 2 N–H and O–H groups in total. The van der Waals surface area contributed by atoms with Gasteiger partial charge in [0.05, 0.1) is 11.7 Å². The van der Waals surface area contributed by atoms with Gasteiger partial charge in [-0.1, -0.05) is 6.92 Å². The molecule has 1 saturated heterocycles. The summed E-state index contributed by atoms with van der Waals surface area (Å²) in [5.41, 5.74) is -0.470. The van der Waals surface area contributed by atoms with Crippen molar-refractivity contribution in [3.63, 3.8) is 0 Å². The summed E-state index contributed by atoms with van der Waals surface area (Å²) in [7, 11) is 0. The largest absolute Gasteiger partial charge is 0.322 e. The highest BCUT2D eigenvalue weighted by molar-refractivity contribution is 5.95. The maximum atomic E-state index is 13.4. The Morgan fingerprint density at radius 1 is 1.37 bits per heavy atom. The first kappa shape index (κ1) is 13.9. The van der Waals surface area contributed by atoms with E-state index in [-0.39, 0.29) is 0 Å². The van der Waals surface area contributed by atoms with Gasteiger partial charge >= 0.3 is 0 Å². The zero-order chi connectivity index (χ0) is 14.0. The van der Waals surface area contributed by atoms with Crippen LogP contribution in [0, 0.1) is 23.4 Å². The van der Waals surface area contributed by atoms with Gasteiger partial charge in [-0.05, 0) is 25.3 Å². The van der Waals surface area contributed by atoms with Crippen molar-refractivity contribution in [2.24, 2.45) is 5.92 Å². The van der Waals surface area contributed by atoms with Gasteiger partial charge in [0, 0.05) is 12.1 Å². The molecule has 1 aliphatic heterocycles. The molecule has 0 aromatic heterocycles. The van der Waals surface area contributed by atoms with Gasteiger partial charge in [-0.2, -0.15) is 0 Å². The van der Waals surface area contributed by atoms with Crippen LogP contribution in [0.15, 0.2) is 12.1 Å². The van der Waals surface area contributed by atoms with Crippen LogP contribution in [0.1, 0.15) is 19.8 Å². The Bertz CT molecular complexity index is 493. The first-order chi connectivity index (χ1) is 8.97. The molecule has 0 saturated carbocycles. The first-order valence-corrected chi connectivity index (χ1v) is 6.16. The summed E-state index contributed by atoms with van der Waals surface area (Å²) in [4.78, 5) is 11.9. The van der Waals surface area contributed by atoms with Crippen LogP contribution < -0.4 is 10.6 Å². The van der Waals surface area contributed by atoms with Crippen LogP contribution in [0.4, 0.5) is 18.9 Å². The predicted octanol–water partition coefficient (Wildman–Crippen LogP) is 2.43. The van der Waals surface area contributed by atoms with Gasteiger partial charge in [0.25, 0.3) is 0 Å². The van der Waals surface area contributed by atoms with Crippen molar-refractivity contribution in [3.8, 4) is 0 Å². The smallest absolute Gasteiger partial charge is 0.241 e. The lowest BCUT2D eigenvalue weighted by molar-refractivity contribution is -0.119. The van der Waals surface area contributed by atoms with E-state index in [1.807, 2.05) is 6.92 Å². The molecule has 0 spiro atoms. The molecule has 2 rings (SSSR count). The van der Waals surface area contributed by atoms with Gasteiger partial charge in [-0.25, -0.2) is 13.2 Å². The monoisotopic (exact) mass is 272 g/mol. The lowest BCUT2D eigenvalue weighted by Crippen LogP contribution is -2.45. The van der Waals surface area contributed by atoms with E-state index in [4.69, 9.17) is 0 Å². The minimum absolute atomic E-state index is 0.381. The molecule has 1 amide bonds. The van der Waals surface area contributed by atoms with Crippen molar-refractivity contribution in [1.29, 1.82) is 0 Å². The summed E-state index contributed by atoms with van der Waals surface area (Å²) in [6, 6.07) is 0.739. The van der Waals surface area contributed by atoms with Gasteiger partial charge < -0.3 is 10.6 Å². The Kier molecular flexibility index (Phi) is 4.09. The molecule has 6 heteroatoms. The fourth-order valence-corrected chi connectivity index (χ4v) is 2.17. The van der Waals surface area contributed by atoms with Crippen molar-refractivity contribution >= 4 is 11.6 Å². The van der Waals surface area contributed by atoms with Crippen molar-refractivity contribution in [1.82, 2.24) is 5.32 Å². The van der Waals surface area contributed by atoms with Crippen molar-refractivity contribution in [3.05, 3.63) is 29.6 Å². The highest BCUT2D eigenvalue weighted by Gasteiger charge is 2.25. The Labute approximate surface area is 109 Å². The second-order valence-electron chi connectivity index (χ2n) is 4.87. The summed E-state index contributed by atoms with van der Waals surface area (Å²) in [6.45, 7) is 2.71. The lowest BCUT2D eigenvalue weighted by Gasteiger charge is -2.27. The number of carbonyl (C=O) groups is 1. The van der Waals surface area contributed by atoms with E-state index in [1.54, 1.807) is 0 Å². The Hall–Kier alpha value is -1.56. The van der Waals surface area contributed by atoms with Gasteiger partial charge in [0.15, 0.2) is 11.6 Å². The normalized spacial score (nSPS) is 23.2. The van der Waals surface area contributed by atoms with Crippen molar-refractivity contribution in [2.75, 3.05) is 11.9 Å². The molecule has 1 heterocycles. The molecule has 1 aromatic rings. The molecule has 0 aliphatic carbocycles. The molecular formula is C13H15F3N2O. The maximum absolute atomic E-state index is 13.4. The Balaban J connectivity index is 2.10. The van der Waals surface area contributed by atoms with Crippen LogP contribution in [0.25, 0.3) is 0 Å². The second kappa shape index (κ2) is 5.61. The second-order valence-corrected chi connectivity index (χ2v) is 4.87. The van der Waals surface area contributed by atoms with E-state index < -0.39 is 35.1 Å². The molecule has 1 fully saturated rings. The zero-order valence-electron chi connectivity index (χ0n) is 10.5. The average molecular weight is 272 g/mol. The van der Waals surface area contributed by atoms with Crippen LogP contribution in [0.2, 0.25) is 0 Å². The van der Waals surface area contributed by atoms with Crippen molar-refractivity contribution < 1.29 is 18.0 Å². The van der Waals surface area contributed by atoms with Crippen LogP contribution in [0.3, 0.4) is 0 Å². The number of amides is 1. The molecule has 1 aliphatic rings. The van der Waals surface area contributed by atoms with Crippen LogP contribution in [-0.2, 0) is 4.79 Å². The van der Waals surface area contributed by atoms with Gasteiger partial charge in [-0.3, -0.25) is 4.79 Å². The zero-order valence-corrected chi connectivity index (χ0v) is 10.5. The topological polar surface area (TPSA) is 41.1 Å². The Morgan fingerprint density at radius 3 is 2.79 bits per heavy atom. The number of anilines is 1. The predicted molar refractivity (Wildman–Crippen MR) is 65.1 cm³/mol. The third-order valence-corrected chi connectivity index (χ3v) is 3.23. The minimum atomic E-state index is -1.32. The summed E-state index contributed by atoms with van der Waals surface area (Å²) in [6.07, 6.45) is 1.58. The van der Waals surface area contributed by atoms with Crippen molar-refractivity contribution in [2.45, 2.75) is 25.8 Å². The molecule has 0 bridgehead atoms. The van der Waals surface area contributed by atoms with E-state index in [0.29, 0.717) is 24.9 Å². The number of carbonyl (C=O) groups excluding carboxylic acids is 1. The first-order valence-electron chi connectivity index (χ1n) is 6.16. The lowest BCUT2D eigenvalue weighted by atomic mass is 9.94. The van der Waals surface area contributed by atoms with Gasteiger partial charge in [0.2, 0.25) is 5.91 Å². The average Bonchev–Trinajstić information content (AvgIpc) is 2.35. The van der Waals surface area contributed by atoms with E-state index in [2.05, 4.69) is 10.6 Å². The maximum Gasteiger partial charge on any atom is 0.241 e. The molecule has 1 aromatic carbocycles. The Morgan fingerprint density at radius 2 is 2.11 bits per heavy atom. The third-order valence-electron chi connectivity index (χ3n) is 3.23. The molecule has 0 radical (unpaired) electrons. The van der Waals surface area contributed by atoms with Gasteiger partial charge in [-0.15, -0.1) is 0 Å². The summed E-state index contributed by atoms with van der Waals surface area (Å²) < 4.78 is 39.4. The fraction of sp³-hybridized carbons (Fsp3) is 0.462. The number of hydrogen-bond acceptors (Lipinski definition) is 2. The standard InChI is InChI=1S/C13H15F3N2O/c1-7-2-3-17-11(4-7)13(19)18-10-6-8(14)5-9(15)12(10)16/h5-7,11,17H,2-4H2,1H3,(H,18,19). The molecule has 104 valence electrons. The number of rotatable bonds is 2. The van der Waals surface area contributed by atoms with E-state index >= 15 is 0 Å². The quantitative estimate of drug-likeness (QED) is 0.812. The third kappa shape index (κ3) is 3.26. The summed E-state index contributed by atoms with van der Waals surface area (Å²) in [5.74, 6) is -3.60. The molecular weight excluding hydrogens is 257 g/mol. The molecule has 3 nitrogen and oxygen atoms in total. The number of nitrogens with one attached hydrogen (secondary N) is 2. The number of benzene rings is 1. The van der Waals surface area contributed by atoms with Gasteiger partial charge in [0.1, 0.15) is 5.82 Å². The highest BCUT2D eigenvalue weighted by atomic mass is 19.2. The van der Waals surface area contributed by atoms with Crippen LogP contribution in [-0.4, -0.2) is 18.5 Å². The number of hydrogen-bond donors (Lipinski definition) is 2. The van der Waals surface area contributed by atoms with Crippen LogP contribution in [0.5, 0.6) is 0 Å². The molecule has 19 heavy (non-hydrogen) atoms. The summed E-state index contributed by atoms with van der Waals surface area (Å²) in [5, 5.41) is 5.22. The van der Waals surface area contributed by atoms with E-state index in [0.717, 1.165) is 12.5 Å². The van der Waals surface area contributed by atoms with E-state index in [9.17, 15) is 18.0 Å². The van der Waals surface area contributed by atoms with E-state index in [1.165, 1.54) is 0 Å². The van der Waals surface area contributed by atoms with Crippen LogP contribution >= 0.6 is 0 Å². The fourth-order valence-electron chi connectivity index (χ4n) is 2.17. The molecule has 2 unspecified atom stereocenters. The number of halogens is 3. The number of piperidine rings is 1. The molecule has 2 atom stereocenters. The summed E-state index contributed by atoms with van der Waals surface area (Å²) >= 11 is 0.